The van der Waals surface area contributed by atoms with Crippen LogP contribution in [0.1, 0.15) is 44.7 Å². The molecule has 0 amide bonds. The van der Waals surface area contributed by atoms with E-state index < -0.39 is 0 Å². The summed E-state index contributed by atoms with van der Waals surface area (Å²) < 4.78 is 5.76. The quantitative estimate of drug-likeness (QED) is 0.867. The van der Waals surface area contributed by atoms with Crippen molar-refractivity contribution in [3.8, 4) is 5.75 Å². The minimum absolute atomic E-state index is 0.164. The van der Waals surface area contributed by atoms with Crippen molar-refractivity contribution in [3.63, 3.8) is 0 Å². The maximum atomic E-state index is 5.76. The van der Waals surface area contributed by atoms with Crippen LogP contribution in [0.2, 0.25) is 0 Å². The van der Waals surface area contributed by atoms with Crippen molar-refractivity contribution in [3.05, 3.63) is 34.8 Å². The molecule has 114 valence electrons. The van der Waals surface area contributed by atoms with Crippen molar-refractivity contribution in [1.29, 1.82) is 0 Å². The van der Waals surface area contributed by atoms with Crippen LogP contribution in [0.15, 0.2) is 24.3 Å². The molecule has 0 aliphatic rings. The number of nitrogens with zero attached hydrogens (tertiary/aromatic N) is 2. The van der Waals surface area contributed by atoms with Gasteiger partial charge in [0.05, 0.1) is 0 Å². The molecule has 0 unspecified atom stereocenters. The van der Waals surface area contributed by atoms with E-state index in [-0.39, 0.29) is 5.41 Å². The fraction of sp³-hybridized carbons (Fsp3) is 0.500. The summed E-state index contributed by atoms with van der Waals surface area (Å²) in [4.78, 5) is 0. The Morgan fingerprint density at radius 1 is 1.14 bits per heavy atom. The topological polar surface area (TPSA) is 47.0 Å². The summed E-state index contributed by atoms with van der Waals surface area (Å²) >= 11 is 1.54. The molecule has 0 bridgehead atoms. The molecule has 0 aliphatic carbocycles. The molecule has 0 atom stereocenters. The Balaban J connectivity index is 1.89. The number of benzene rings is 1. The van der Waals surface area contributed by atoms with Crippen molar-refractivity contribution in [2.45, 2.75) is 46.1 Å². The van der Waals surface area contributed by atoms with E-state index in [0.717, 1.165) is 28.9 Å². The molecular formula is C16H23N3OS. The van der Waals surface area contributed by atoms with Gasteiger partial charge in [-0.05, 0) is 29.5 Å². The van der Waals surface area contributed by atoms with Gasteiger partial charge in [-0.1, -0.05) is 51.2 Å². The molecule has 1 heterocycles. The van der Waals surface area contributed by atoms with Gasteiger partial charge in [-0.3, -0.25) is 0 Å². The van der Waals surface area contributed by atoms with E-state index in [4.69, 9.17) is 4.74 Å². The lowest BCUT2D eigenvalue weighted by atomic mass is 9.87. The molecule has 0 aliphatic heterocycles. The Kier molecular flexibility index (Phi) is 5.17. The fourth-order valence-corrected chi connectivity index (χ4v) is 2.49. The molecule has 0 spiro atoms. The Morgan fingerprint density at radius 2 is 1.86 bits per heavy atom. The number of rotatable bonds is 6. The average Bonchev–Trinajstić information content (AvgIpc) is 2.90. The third kappa shape index (κ3) is 4.70. The van der Waals surface area contributed by atoms with Crippen molar-refractivity contribution >= 4 is 16.5 Å². The van der Waals surface area contributed by atoms with E-state index >= 15 is 0 Å². The molecule has 0 saturated heterocycles. The zero-order valence-corrected chi connectivity index (χ0v) is 14.0. The minimum Gasteiger partial charge on any atom is -0.486 e. The van der Waals surface area contributed by atoms with Gasteiger partial charge in [0.2, 0.25) is 5.13 Å². The van der Waals surface area contributed by atoms with E-state index in [9.17, 15) is 0 Å². The van der Waals surface area contributed by atoms with Crippen LogP contribution in [0.4, 0.5) is 5.13 Å². The number of hydrogen-bond donors (Lipinski definition) is 1. The highest BCUT2D eigenvalue weighted by molar-refractivity contribution is 7.15. The second kappa shape index (κ2) is 6.89. The summed E-state index contributed by atoms with van der Waals surface area (Å²) in [6, 6.07) is 8.25. The monoisotopic (exact) mass is 305 g/mol. The minimum atomic E-state index is 0.164. The number of hydrogen-bond acceptors (Lipinski definition) is 5. The third-order valence-electron chi connectivity index (χ3n) is 3.08. The van der Waals surface area contributed by atoms with Crippen LogP contribution in [0, 0.1) is 0 Å². The maximum Gasteiger partial charge on any atom is 0.205 e. The van der Waals surface area contributed by atoms with E-state index in [1.54, 1.807) is 11.3 Å². The van der Waals surface area contributed by atoms with E-state index in [0.29, 0.717) is 6.61 Å². The van der Waals surface area contributed by atoms with Gasteiger partial charge >= 0.3 is 0 Å². The largest absolute Gasteiger partial charge is 0.486 e. The second-order valence-corrected chi connectivity index (χ2v) is 7.05. The molecule has 0 radical (unpaired) electrons. The highest BCUT2D eigenvalue weighted by Gasteiger charge is 2.13. The molecule has 1 N–H and O–H groups in total. The predicted octanol–water partition coefficient (Wildman–Crippen LogP) is 4.24. The molecule has 1 aromatic heterocycles. The Hall–Kier alpha value is -1.62. The molecular weight excluding hydrogens is 282 g/mol. The molecule has 2 rings (SSSR count). The van der Waals surface area contributed by atoms with Crippen LogP contribution in [0.5, 0.6) is 5.75 Å². The third-order valence-corrected chi connectivity index (χ3v) is 3.93. The van der Waals surface area contributed by atoms with Crippen LogP contribution in [-0.2, 0) is 12.0 Å². The summed E-state index contributed by atoms with van der Waals surface area (Å²) in [5, 5.41) is 13.2. The Labute approximate surface area is 130 Å². The van der Waals surface area contributed by atoms with Gasteiger partial charge in [-0.15, -0.1) is 10.2 Å². The first-order valence-electron chi connectivity index (χ1n) is 7.28. The first kappa shape index (κ1) is 15.8. The number of anilines is 1. The van der Waals surface area contributed by atoms with Crippen molar-refractivity contribution < 1.29 is 4.74 Å². The SMILES string of the molecule is CCCNc1nnc(COc2ccc(C(C)(C)C)cc2)s1. The Morgan fingerprint density at radius 3 is 2.48 bits per heavy atom. The summed E-state index contributed by atoms with van der Waals surface area (Å²) in [5.74, 6) is 0.862. The first-order chi connectivity index (χ1) is 9.99. The summed E-state index contributed by atoms with van der Waals surface area (Å²) in [6.07, 6.45) is 1.07. The van der Waals surface area contributed by atoms with Gasteiger partial charge in [0.15, 0.2) is 5.01 Å². The molecule has 1 aromatic carbocycles. The highest BCUT2D eigenvalue weighted by Crippen LogP contribution is 2.25. The van der Waals surface area contributed by atoms with Crippen molar-refractivity contribution in [2.24, 2.45) is 0 Å². The van der Waals surface area contributed by atoms with Gasteiger partial charge in [-0.2, -0.15) is 0 Å². The van der Waals surface area contributed by atoms with E-state index in [2.05, 4.69) is 55.3 Å². The van der Waals surface area contributed by atoms with Gasteiger partial charge in [-0.25, -0.2) is 0 Å². The number of nitrogens with one attached hydrogen (secondary N) is 1. The summed E-state index contributed by atoms with van der Waals surface area (Å²) in [7, 11) is 0. The van der Waals surface area contributed by atoms with Gasteiger partial charge < -0.3 is 10.1 Å². The molecule has 5 heteroatoms. The molecule has 2 aromatic rings. The van der Waals surface area contributed by atoms with Crippen LogP contribution in [0.25, 0.3) is 0 Å². The fourth-order valence-electron chi connectivity index (χ4n) is 1.81. The lowest BCUT2D eigenvalue weighted by Crippen LogP contribution is -2.10. The van der Waals surface area contributed by atoms with Gasteiger partial charge in [0, 0.05) is 6.54 Å². The normalized spacial score (nSPS) is 11.4. The van der Waals surface area contributed by atoms with Gasteiger partial charge in [0.25, 0.3) is 0 Å². The van der Waals surface area contributed by atoms with Crippen LogP contribution < -0.4 is 10.1 Å². The van der Waals surface area contributed by atoms with Crippen LogP contribution >= 0.6 is 11.3 Å². The smallest absolute Gasteiger partial charge is 0.205 e. The number of ether oxygens (including phenoxy) is 1. The van der Waals surface area contributed by atoms with Crippen molar-refractivity contribution in [2.75, 3.05) is 11.9 Å². The second-order valence-electron chi connectivity index (χ2n) is 5.99. The Bertz CT molecular complexity index is 558. The molecule has 0 fully saturated rings. The zero-order chi connectivity index (χ0) is 15.3. The van der Waals surface area contributed by atoms with Crippen molar-refractivity contribution in [1.82, 2.24) is 10.2 Å². The predicted molar refractivity (Wildman–Crippen MR) is 88.2 cm³/mol. The highest BCUT2D eigenvalue weighted by atomic mass is 32.1. The van der Waals surface area contributed by atoms with E-state index in [1.165, 1.54) is 5.56 Å². The van der Waals surface area contributed by atoms with Crippen LogP contribution in [-0.4, -0.2) is 16.7 Å². The first-order valence-corrected chi connectivity index (χ1v) is 8.10. The van der Waals surface area contributed by atoms with E-state index in [1.807, 2.05) is 12.1 Å². The zero-order valence-electron chi connectivity index (χ0n) is 13.1. The summed E-state index contributed by atoms with van der Waals surface area (Å²) in [6.45, 7) is 10.1. The average molecular weight is 305 g/mol. The maximum absolute atomic E-state index is 5.76. The molecule has 0 saturated carbocycles. The lowest BCUT2D eigenvalue weighted by molar-refractivity contribution is 0.304. The number of aromatic nitrogens is 2. The summed E-state index contributed by atoms with van der Waals surface area (Å²) in [5.41, 5.74) is 1.47. The van der Waals surface area contributed by atoms with Crippen LogP contribution in [0.3, 0.4) is 0 Å². The van der Waals surface area contributed by atoms with Gasteiger partial charge in [0.1, 0.15) is 12.4 Å². The molecule has 4 nitrogen and oxygen atoms in total. The standard InChI is InChI=1S/C16H23N3OS/c1-5-10-17-15-19-18-14(21-15)11-20-13-8-6-12(7-9-13)16(2,3)4/h6-9H,5,10-11H2,1-4H3,(H,17,19). The lowest BCUT2D eigenvalue weighted by Gasteiger charge is -2.19. The molecule has 21 heavy (non-hydrogen) atoms.